The van der Waals surface area contributed by atoms with E-state index in [-0.39, 0.29) is 0 Å². The summed E-state index contributed by atoms with van der Waals surface area (Å²) in [6.07, 6.45) is 0. The van der Waals surface area contributed by atoms with Crippen molar-refractivity contribution in [1.29, 1.82) is 0 Å². The normalized spacial score (nSPS) is 22.1. The Morgan fingerprint density at radius 1 is 1.22 bits per heavy atom. The maximum atomic E-state index is 8.31. The Bertz CT molecular complexity index is 95.1. The van der Waals surface area contributed by atoms with Crippen molar-refractivity contribution in [3.63, 3.8) is 0 Å². The summed E-state index contributed by atoms with van der Waals surface area (Å²) in [5.74, 6) is 0. The quantitative estimate of drug-likeness (QED) is 0.471. The lowest BCUT2D eigenvalue weighted by Gasteiger charge is -2.35. The molecule has 1 aliphatic heterocycles. The molecule has 52 valence electrons. The number of rotatable bonds is 1. The predicted molar refractivity (Wildman–Crippen MR) is 34.9 cm³/mol. The van der Waals surface area contributed by atoms with E-state index in [1.807, 2.05) is 0 Å². The van der Waals surface area contributed by atoms with Crippen LogP contribution in [0.1, 0.15) is 0 Å². The molecule has 0 radical (unpaired) electrons. The molecule has 0 aromatic heterocycles. The minimum absolute atomic E-state index is 0.840. The zero-order chi connectivity index (χ0) is 6.69. The molecule has 0 N–H and O–H groups in total. The lowest BCUT2D eigenvalue weighted by atomic mass is 10.4. The molecule has 1 aliphatic rings. The van der Waals surface area contributed by atoms with Crippen molar-refractivity contribution in [2.24, 2.45) is 5.22 Å². The van der Waals surface area contributed by atoms with Crippen molar-refractivity contribution >= 4 is 0 Å². The van der Waals surface area contributed by atoms with Gasteiger partial charge in [-0.05, 0) is 33.2 Å². The fourth-order valence-corrected chi connectivity index (χ4v) is 0.885. The van der Waals surface area contributed by atoms with Crippen molar-refractivity contribution in [1.82, 2.24) is 9.91 Å². The number of hydrogen-bond acceptors (Lipinski definition) is 2. The van der Waals surface area contributed by atoms with Crippen molar-refractivity contribution in [2.45, 2.75) is 0 Å². The minimum Gasteiger partial charge on any atom is -0.399 e. The van der Waals surface area contributed by atoms with Gasteiger partial charge in [-0.1, -0.05) is 0 Å². The minimum atomic E-state index is 0.840. The summed E-state index contributed by atoms with van der Waals surface area (Å²) < 4.78 is 0. The second-order valence-electron chi connectivity index (χ2n) is 2.35. The van der Waals surface area contributed by atoms with Crippen LogP contribution in [0, 0.1) is 0 Å². The average Bonchev–Trinajstić information content (AvgIpc) is 1.90. The van der Waals surface area contributed by atoms with E-state index in [0.717, 1.165) is 26.2 Å². The van der Waals surface area contributed by atoms with Gasteiger partial charge in [0.25, 0.3) is 0 Å². The Hall–Kier alpha value is -0.640. The van der Waals surface area contributed by atoms with Gasteiger partial charge in [0.2, 0.25) is 0 Å². The van der Waals surface area contributed by atoms with Gasteiger partial charge in [0.05, 0.1) is 0 Å². The number of likely N-dealkylation sites (N-methyl/N-ethyl adjacent to an activating group) is 1. The fourth-order valence-electron chi connectivity index (χ4n) is 0.885. The molecule has 4 nitrogen and oxygen atoms in total. The zero-order valence-corrected chi connectivity index (χ0v) is 5.62. The van der Waals surface area contributed by atoms with Gasteiger partial charge in [0.1, 0.15) is 0 Å². The molecule has 0 unspecified atom stereocenters. The van der Waals surface area contributed by atoms with E-state index in [9.17, 15) is 0 Å². The van der Waals surface area contributed by atoms with Crippen molar-refractivity contribution in [3.05, 3.63) is 5.53 Å². The van der Waals surface area contributed by atoms with Crippen LogP contribution in [0.15, 0.2) is 5.22 Å². The molecule has 1 fully saturated rings. The molecular weight excluding hydrogens is 116 g/mol. The SMILES string of the molecule is CN1CCN(N=[N-])CC1. The Labute approximate surface area is 54.9 Å². The van der Waals surface area contributed by atoms with Crippen LogP contribution in [0.2, 0.25) is 0 Å². The first-order valence-electron chi connectivity index (χ1n) is 3.11. The van der Waals surface area contributed by atoms with Crippen LogP contribution in [0.5, 0.6) is 0 Å². The lowest BCUT2D eigenvalue weighted by Crippen LogP contribution is -2.41. The first-order chi connectivity index (χ1) is 4.33. The zero-order valence-electron chi connectivity index (χ0n) is 5.62. The molecule has 0 aromatic rings. The van der Waals surface area contributed by atoms with Crippen LogP contribution in [0.4, 0.5) is 0 Å². The molecule has 0 atom stereocenters. The average molecular weight is 127 g/mol. The highest BCUT2D eigenvalue weighted by Gasteiger charge is 2.04. The summed E-state index contributed by atoms with van der Waals surface area (Å²) in [5.41, 5.74) is 8.31. The Morgan fingerprint density at radius 2 is 1.78 bits per heavy atom. The number of nitrogens with zero attached hydrogens (tertiary/aromatic N) is 4. The van der Waals surface area contributed by atoms with E-state index in [1.54, 1.807) is 5.01 Å². The van der Waals surface area contributed by atoms with Gasteiger partial charge >= 0.3 is 0 Å². The van der Waals surface area contributed by atoms with Gasteiger partial charge in [-0.2, -0.15) is 0 Å². The second kappa shape index (κ2) is 2.77. The highest BCUT2D eigenvalue weighted by atomic mass is 15.5. The smallest absolute Gasteiger partial charge is 0.00145 e. The number of hydrogen-bond donors (Lipinski definition) is 0. The van der Waals surface area contributed by atoms with Crippen molar-refractivity contribution in [3.8, 4) is 0 Å². The van der Waals surface area contributed by atoms with E-state index in [2.05, 4.69) is 17.2 Å². The van der Waals surface area contributed by atoms with Crippen LogP contribution < -0.4 is 0 Å². The van der Waals surface area contributed by atoms with Crippen LogP contribution in [-0.2, 0) is 0 Å². The summed E-state index contributed by atoms with van der Waals surface area (Å²) in [6.45, 7) is 3.66. The Balaban J connectivity index is 2.26. The topological polar surface area (TPSA) is 41.1 Å². The third kappa shape index (κ3) is 1.64. The summed E-state index contributed by atoms with van der Waals surface area (Å²) >= 11 is 0. The van der Waals surface area contributed by atoms with Gasteiger partial charge in [0, 0.05) is 0 Å². The molecule has 1 saturated heterocycles. The van der Waals surface area contributed by atoms with E-state index in [0.29, 0.717) is 0 Å². The largest absolute Gasteiger partial charge is 0.399 e. The van der Waals surface area contributed by atoms with Crippen LogP contribution in [0.25, 0.3) is 5.53 Å². The Kier molecular flexibility index (Phi) is 2.00. The third-order valence-corrected chi connectivity index (χ3v) is 1.61. The molecule has 0 aliphatic carbocycles. The van der Waals surface area contributed by atoms with Gasteiger partial charge < -0.3 is 15.4 Å². The summed E-state index contributed by atoms with van der Waals surface area (Å²) in [7, 11) is 2.06. The molecule has 0 bridgehead atoms. The standard InChI is InChI=1S/C5H11N4/c1-8-2-4-9(7-6)5-3-8/h2-5H2,1H3/q-1. The van der Waals surface area contributed by atoms with E-state index < -0.39 is 0 Å². The maximum Gasteiger partial charge on any atom is -0.00145 e. The highest BCUT2D eigenvalue weighted by molar-refractivity contribution is 4.64. The molecule has 1 rings (SSSR count). The van der Waals surface area contributed by atoms with Crippen LogP contribution in [-0.4, -0.2) is 43.1 Å². The van der Waals surface area contributed by atoms with Crippen molar-refractivity contribution in [2.75, 3.05) is 33.2 Å². The molecule has 4 heteroatoms. The van der Waals surface area contributed by atoms with E-state index >= 15 is 0 Å². The molecule has 9 heavy (non-hydrogen) atoms. The van der Waals surface area contributed by atoms with Gasteiger partial charge in [-0.15, -0.1) is 0 Å². The number of piperazine rings is 1. The molecule has 0 saturated carbocycles. The molecule has 0 amide bonds. The summed E-state index contributed by atoms with van der Waals surface area (Å²) in [6, 6.07) is 0. The van der Waals surface area contributed by atoms with Gasteiger partial charge in [-0.3, -0.25) is 5.22 Å². The maximum absolute atomic E-state index is 8.31. The van der Waals surface area contributed by atoms with E-state index in [4.69, 9.17) is 5.53 Å². The Morgan fingerprint density at radius 3 is 2.22 bits per heavy atom. The first kappa shape index (κ1) is 6.48. The highest BCUT2D eigenvalue weighted by Crippen LogP contribution is 1.97. The third-order valence-electron chi connectivity index (χ3n) is 1.61. The van der Waals surface area contributed by atoms with Crippen LogP contribution in [0.3, 0.4) is 0 Å². The summed E-state index contributed by atoms with van der Waals surface area (Å²) in [4.78, 5) is 2.21. The molecule has 0 aromatic carbocycles. The summed E-state index contributed by atoms with van der Waals surface area (Å²) in [5, 5.41) is 4.76. The van der Waals surface area contributed by atoms with Crippen molar-refractivity contribution < 1.29 is 0 Å². The molecule has 1 heterocycles. The van der Waals surface area contributed by atoms with Crippen LogP contribution >= 0.6 is 0 Å². The second-order valence-corrected chi connectivity index (χ2v) is 2.35. The monoisotopic (exact) mass is 127 g/mol. The first-order valence-corrected chi connectivity index (χ1v) is 3.11. The van der Waals surface area contributed by atoms with E-state index in [1.165, 1.54) is 0 Å². The lowest BCUT2D eigenvalue weighted by molar-refractivity contribution is 0.157. The predicted octanol–water partition coefficient (Wildman–Crippen LogP) is 0.170. The van der Waals surface area contributed by atoms with Gasteiger partial charge in [-0.25, -0.2) is 0 Å². The molecular formula is C5H11N4-. The fraction of sp³-hybridized carbons (Fsp3) is 1.00. The van der Waals surface area contributed by atoms with Gasteiger partial charge in [0.15, 0.2) is 0 Å². The molecule has 0 spiro atoms.